The van der Waals surface area contributed by atoms with E-state index < -0.39 is 6.10 Å². The summed E-state index contributed by atoms with van der Waals surface area (Å²) in [6.45, 7) is 4.61. The summed E-state index contributed by atoms with van der Waals surface area (Å²) in [6, 6.07) is 6.32. The second kappa shape index (κ2) is 7.51. The highest BCUT2D eigenvalue weighted by molar-refractivity contribution is 5.29. The van der Waals surface area contributed by atoms with Crippen molar-refractivity contribution in [2.24, 2.45) is 13.0 Å². The van der Waals surface area contributed by atoms with Gasteiger partial charge < -0.3 is 10.4 Å². The number of hydrogen-bond acceptors (Lipinski definition) is 3. The molecule has 2 unspecified atom stereocenters. The van der Waals surface area contributed by atoms with Crippen LogP contribution in [0.1, 0.15) is 37.4 Å². The highest BCUT2D eigenvalue weighted by Gasteiger charge is 2.18. The van der Waals surface area contributed by atoms with Gasteiger partial charge in [-0.1, -0.05) is 26.0 Å². The molecule has 5 heteroatoms. The standard InChI is InChI=1S/C17H24FN3O/c1-12(2)7-16(22)10-19-17(14-9-20-21(3)11-14)13-5-4-6-15(18)8-13/h4-6,8-9,11-12,16-17,19,22H,7,10H2,1-3H3. The summed E-state index contributed by atoms with van der Waals surface area (Å²) in [6.07, 6.45) is 3.97. The van der Waals surface area contributed by atoms with Gasteiger partial charge in [0.25, 0.3) is 0 Å². The van der Waals surface area contributed by atoms with Crippen molar-refractivity contribution in [3.63, 3.8) is 0 Å². The molecule has 2 aromatic rings. The third-order valence-corrected chi connectivity index (χ3v) is 3.54. The van der Waals surface area contributed by atoms with E-state index in [-0.39, 0.29) is 11.9 Å². The highest BCUT2D eigenvalue weighted by Crippen LogP contribution is 2.22. The van der Waals surface area contributed by atoms with Gasteiger partial charge >= 0.3 is 0 Å². The fourth-order valence-corrected chi connectivity index (χ4v) is 2.58. The summed E-state index contributed by atoms with van der Waals surface area (Å²) in [5.41, 5.74) is 1.77. The van der Waals surface area contributed by atoms with Crippen molar-refractivity contribution in [1.29, 1.82) is 0 Å². The average Bonchev–Trinajstić information content (AvgIpc) is 2.85. The monoisotopic (exact) mass is 305 g/mol. The molecule has 2 atom stereocenters. The molecular weight excluding hydrogens is 281 g/mol. The van der Waals surface area contributed by atoms with Crippen LogP contribution in [0.3, 0.4) is 0 Å². The van der Waals surface area contributed by atoms with Crippen molar-refractivity contribution in [2.45, 2.75) is 32.4 Å². The first kappa shape index (κ1) is 16.6. The van der Waals surface area contributed by atoms with Crippen molar-refractivity contribution in [2.75, 3.05) is 6.54 Å². The van der Waals surface area contributed by atoms with Crippen LogP contribution in [0.4, 0.5) is 4.39 Å². The smallest absolute Gasteiger partial charge is 0.123 e. The minimum Gasteiger partial charge on any atom is -0.392 e. The number of halogens is 1. The summed E-state index contributed by atoms with van der Waals surface area (Å²) >= 11 is 0. The number of aliphatic hydroxyl groups is 1. The minimum atomic E-state index is -0.423. The van der Waals surface area contributed by atoms with E-state index in [1.54, 1.807) is 16.9 Å². The SMILES string of the molecule is CC(C)CC(O)CNC(c1cccc(F)c1)c1cnn(C)c1. The van der Waals surface area contributed by atoms with Crippen LogP contribution in [0.15, 0.2) is 36.7 Å². The summed E-state index contributed by atoms with van der Waals surface area (Å²) in [5.74, 6) is 0.165. The predicted octanol–water partition coefficient (Wildman–Crippen LogP) is 2.65. The van der Waals surface area contributed by atoms with Crippen LogP contribution in [-0.4, -0.2) is 27.5 Å². The zero-order valence-corrected chi connectivity index (χ0v) is 13.3. The van der Waals surface area contributed by atoms with E-state index in [0.29, 0.717) is 12.5 Å². The Labute approximate surface area is 131 Å². The van der Waals surface area contributed by atoms with Crippen molar-refractivity contribution in [1.82, 2.24) is 15.1 Å². The first-order valence-electron chi connectivity index (χ1n) is 7.61. The Morgan fingerprint density at radius 1 is 1.32 bits per heavy atom. The molecule has 1 heterocycles. The van der Waals surface area contributed by atoms with Gasteiger partial charge in [-0.3, -0.25) is 4.68 Å². The summed E-state index contributed by atoms with van der Waals surface area (Å²) in [7, 11) is 1.85. The van der Waals surface area contributed by atoms with Gasteiger partial charge in [0.1, 0.15) is 5.82 Å². The van der Waals surface area contributed by atoms with Crippen molar-refractivity contribution in [3.8, 4) is 0 Å². The Hall–Kier alpha value is -1.72. The van der Waals surface area contributed by atoms with E-state index in [1.165, 1.54) is 12.1 Å². The molecule has 4 nitrogen and oxygen atoms in total. The lowest BCUT2D eigenvalue weighted by atomic mass is 10.0. The lowest BCUT2D eigenvalue weighted by Gasteiger charge is -2.21. The first-order chi connectivity index (χ1) is 10.5. The lowest BCUT2D eigenvalue weighted by Crippen LogP contribution is -2.31. The van der Waals surface area contributed by atoms with Gasteiger partial charge in [-0.25, -0.2) is 4.39 Å². The molecule has 2 rings (SSSR count). The Kier molecular flexibility index (Phi) is 5.69. The summed E-state index contributed by atoms with van der Waals surface area (Å²) in [5, 5.41) is 17.6. The van der Waals surface area contributed by atoms with Crippen LogP contribution >= 0.6 is 0 Å². The number of rotatable bonds is 7. The van der Waals surface area contributed by atoms with E-state index >= 15 is 0 Å². The molecule has 0 aliphatic rings. The lowest BCUT2D eigenvalue weighted by molar-refractivity contribution is 0.144. The molecule has 0 aliphatic heterocycles. The predicted molar refractivity (Wildman–Crippen MR) is 84.9 cm³/mol. The van der Waals surface area contributed by atoms with Crippen LogP contribution in [0, 0.1) is 11.7 Å². The van der Waals surface area contributed by atoms with E-state index in [1.807, 2.05) is 19.3 Å². The molecule has 0 aliphatic carbocycles. The molecule has 2 N–H and O–H groups in total. The number of aryl methyl sites for hydroxylation is 1. The van der Waals surface area contributed by atoms with E-state index in [2.05, 4.69) is 24.3 Å². The van der Waals surface area contributed by atoms with Crippen LogP contribution in [-0.2, 0) is 7.05 Å². The van der Waals surface area contributed by atoms with Crippen LogP contribution in [0.25, 0.3) is 0 Å². The van der Waals surface area contributed by atoms with Gasteiger partial charge in [-0.05, 0) is 30.0 Å². The number of aromatic nitrogens is 2. The summed E-state index contributed by atoms with van der Waals surface area (Å²) in [4.78, 5) is 0. The summed E-state index contributed by atoms with van der Waals surface area (Å²) < 4.78 is 15.2. The molecule has 0 amide bonds. The topological polar surface area (TPSA) is 50.1 Å². The average molecular weight is 305 g/mol. The van der Waals surface area contributed by atoms with Gasteiger partial charge in [-0.2, -0.15) is 5.10 Å². The van der Waals surface area contributed by atoms with Crippen molar-refractivity contribution in [3.05, 3.63) is 53.6 Å². The number of benzene rings is 1. The molecule has 0 fully saturated rings. The third-order valence-electron chi connectivity index (χ3n) is 3.54. The van der Waals surface area contributed by atoms with E-state index in [9.17, 15) is 9.50 Å². The maximum atomic E-state index is 13.5. The van der Waals surface area contributed by atoms with Crippen LogP contribution < -0.4 is 5.32 Å². The Morgan fingerprint density at radius 2 is 2.09 bits per heavy atom. The Morgan fingerprint density at radius 3 is 2.68 bits per heavy atom. The van der Waals surface area contributed by atoms with Gasteiger partial charge in [-0.15, -0.1) is 0 Å². The zero-order chi connectivity index (χ0) is 16.1. The van der Waals surface area contributed by atoms with Crippen LogP contribution in [0.5, 0.6) is 0 Å². The third kappa shape index (κ3) is 4.64. The van der Waals surface area contributed by atoms with E-state index in [4.69, 9.17) is 0 Å². The van der Waals surface area contributed by atoms with Gasteiger partial charge in [0.05, 0.1) is 18.3 Å². The second-order valence-corrected chi connectivity index (χ2v) is 6.13. The normalized spacial score (nSPS) is 14.3. The first-order valence-corrected chi connectivity index (χ1v) is 7.61. The maximum Gasteiger partial charge on any atom is 0.123 e. The second-order valence-electron chi connectivity index (χ2n) is 6.13. The molecule has 0 spiro atoms. The highest BCUT2D eigenvalue weighted by atomic mass is 19.1. The van der Waals surface area contributed by atoms with Gasteiger partial charge in [0, 0.05) is 25.4 Å². The molecule has 1 aromatic heterocycles. The molecule has 0 bridgehead atoms. The molecule has 22 heavy (non-hydrogen) atoms. The molecule has 120 valence electrons. The van der Waals surface area contributed by atoms with Crippen molar-refractivity contribution >= 4 is 0 Å². The molecule has 0 radical (unpaired) electrons. The molecule has 0 saturated carbocycles. The fraction of sp³-hybridized carbons (Fsp3) is 0.471. The van der Waals surface area contributed by atoms with Gasteiger partial charge in [0.15, 0.2) is 0 Å². The number of hydrogen-bond donors (Lipinski definition) is 2. The quantitative estimate of drug-likeness (QED) is 0.827. The van der Waals surface area contributed by atoms with Crippen LogP contribution in [0.2, 0.25) is 0 Å². The van der Waals surface area contributed by atoms with E-state index in [0.717, 1.165) is 17.5 Å². The van der Waals surface area contributed by atoms with Gasteiger partial charge in [0.2, 0.25) is 0 Å². The molecule has 1 aromatic carbocycles. The minimum absolute atomic E-state index is 0.189. The number of nitrogens with one attached hydrogen (secondary N) is 1. The largest absolute Gasteiger partial charge is 0.392 e. The molecular formula is C17H24FN3O. The molecule has 0 saturated heterocycles. The van der Waals surface area contributed by atoms with Crippen molar-refractivity contribution < 1.29 is 9.50 Å². The number of aliphatic hydroxyl groups excluding tert-OH is 1. The number of nitrogens with zero attached hydrogens (tertiary/aromatic N) is 2. The maximum absolute atomic E-state index is 13.5. The Balaban J connectivity index is 2.15. The zero-order valence-electron chi connectivity index (χ0n) is 13.3. The Bertz CT molecular complexity index is 597. The fourth-order valence-electron chi connectivity index (χ4n) is 2.58.